The highest BCUT2D eigenvalue weighted by atomic mass is 32.1. The monoisotopic (exact) mass is 477 g/mol. The zero-order valence-corrected chi connectivity index (χ0v) is 20.0. The van der Waals surface area contributed by atoms with Crippen molar-refractivity contribution in [3.63, 3.8) is 0 Å². The van der Waals surface area contributed by atoms with Crippen molar-refractivity contribution < 1.29 is 18.7 Å². The summed E-state index contributed by atoms with van der Waals surface area (Å²) in [6.07, 6.45) is 0.722. The number of rotatable bonds is 6. The molecule has 0 saturated heterocycles. The number of carbonyl (C=O) groups is 1. The van der Waals surface area contributed by atoms with E-state index in [9.17, 15) is 9.59 Å². The Morgan fingerprint density at radius 3 is 2.47 bits per heavy atom. The Morgan fingerprint density at radius 2 is 1.82 bits per heavy atom. The summed E-state index contributed by atoms with van der Waals surface area (Å²) in [7, 11) is 1.53. The third kappa shape index (κ3) is 3.62. The van der Waals surface area contributed by atoms with Gasteiger partial charge >= 0.3 is 0 Å². The highest BCUT2D eigenvalue weighted by Crippen LogP contribution is 2.42. The number of hydrogen-bond donors (Lipinski definition) is 0. The van der Waals surface area contributed by atoms with Crippen molar-refractivity contribution in [2.75, 3.05) is 12.0 Å². The van der Waals surface area contributed by atoms with Gasteiger partial charge in [-0.2, -0.15) is 0 Å². The van der Waals surface area contributed by atoms with Gasteiger partial charge in [0.25, 0.3) is 5.91 Å². The van der Waals surface area contributed by atoms with Crippen molar-refractivity contribution in [1.82, 2.24) is 10.2 Å². The maximum Gasteiger partial charge on any atom is 0.297 e. The number of aryl methyl sites for hydroxylation is 1. The molecule has 174 valence electrons. The summed E-state index contributed by atoms with van der Waals surface area (Å²) in [6.45, 7) is 5.88. The van der Waals surface area contributed by atoms with Gasteiger partial charge in [0, 0.05) is 6.07 Å². The highest BCUT2D eigenvalue weighted by molar-refractivity contribution is 7.15. The van der Waals surface area contributed by atoms with Crippen molar-refractivity contribution in [3.8, 4) is 11.5 Å². The van der Waals surface area contributed by atoms with Gasteiger partial charge in [-0.3, -0.25) is 14.5 Å². The van der Waals surface area contributed by atoms with E-state index in [4.69, 9.17) is 13.9 Å². The zero-order valence-electron chi connectivity index (χ0n) is 19.2. The van der Waals surface area contributed by atoms with Crippen LogP contribution in [0.3, 0.4) is 0 Å². The second-order valence-corrected chi connectivity index (χ2v) is 9.22. The molecule has 5 rings (SSSR count). The van der Waals surface area contributed by atoms with E-state index in [1.54, 1.807) is 18.2 Å². The summed E-state index contributed by atoms with van der Waals surface area (Å²) in [5, 5.41) is 10.0. The van der Waals surface area contributed by atoms with Crippen LogP contribution in [0.5, 0.6) is 11.5 Å². The Kier molecular flexibility index (Phi) is 5.57. The number of carbonyl (C=O) groups excluding carboxylic acids is 1. The van der Waals surface area contributed by atoms with Gasteiger partial charge in [0.05, 0.1) is 30.2 Å². The molecule has 1 aliphatic rings. The topological polar surface area (TPSA) is 94.8 Å². The molecule has 2 aromatic carbocycles. The maximum absolute atomic E-state index is 13.7. The predicted molar refractivity (Wildman–Crippen MR) is 129 cm³/mol. The van der Waals surface area contributed by atoms with Crippen LogP contribution in [0.2, 0.25) is 0 Å². The summed E-state index contributed by atoms with van der Waals surface area (Å²) < 4.78 is 17.0. The minimum atomic E-state index is -0.698. The molecule has 0 bridgehead atoms. The van der Waals surface area contributed by atoms with Crippen LogP contribution in [0.4, 0.5) is 5.13 Å². The van der Waals surface area contributed by atoms with Crippen molar-refractivity contribution >= 4 is 33.3 Å². The lowest BCUT2D eigenvalue weighted by atomic mass is 9.98. The normalized spacial score (nSPS) is 15.3. The lowest BCUT2D eigenvalue weighted by Gasteiger charge is -2.22. The van der Waals surface area contributed by atoms with Crippen LogP contribution in [0.25, 0.3) is 11.0 Å². The van der Waals surface area contributed by atoms with Crippen molar-refractivity contribution in [3.05, 3.63) is 74.6 Å². The molecule has 9 heteroatoms. The predicted octanol–water partition coefficient (Wildman–Crippen LogP) is 4.75. The SMILES string of the molecule is CCc1nnc(N2C(=O)c3oc4cc(OC)ccc4c(=O)c3C2c2ccc(OC(C)C)cc2)s1. The molecule has 2 aromatic heterocycles. The number of ether oxygens (including phenoxy) is 2. The Morgan fingerprint density at radius 1 is 1.09 bits per heavy atom. The lowest BCUT2D eigenvalue weighted by molar-refractivity contribution is 0.0970. The third-order valence-corrected chi connectivity index (χ3v) is 6.68. The minimum Gasteiger partial charge on any atom is -0.497 e. The first-order chi connectivity index (χ1) is 16.4. The van der Waals surface area contributed by atoms with Gasteiger partial charge in [0.15, 0.2) is 5.43 Å². The molecule has 0 saturated carbocycles. The fraction of sp³-hybridized carbons (Fsp3) is 0.280. The molecule has 0 N–H and O–H groups in total. The first kappa shape index (κ1) is 22.1. The Hall–Kier alpha value is -3.72. The van der Waals surface area contributed by atoms with Crippen LogP contribution in [0.15, 0.2) is 51.7 Å². The van der Waals surface area contributed by atoms with Gasteiger partial charge in [-0.25, -0.2) is 0 Å². The van der Waals surface area contributed by atoms with Crippen LogP contribution >= 0.6 is 11.3 Å². The fourth-order valence-corrected chi connectivity index (χ4v) is 4.88. The van der Waals surface area contributed by atoms with E-state index in [2.05, 4.69) is 10.2 Å². The molecule has 1 atom stereocenters. The molecule has 4 aromatic rings. The number of methoxy groups -OCH3 is 1. The van der Waals surface area contributed by atoms with Gasteiger partial charge in [-0.1, -0.05) is 30.4 Å². The maximum atomic E-state index is 13.7. The Balaban J connectivity index is 1.71. The van der Waals surface area contributed by atoms with Crippen molar-refractivity contribution in [1.29, 1.82) is 0 Å². The standard InChI is InChI=1S/C25H23N3O5S/c1-5-19-26-27-25(34-19)28-21(14-6-8-15(9-7-14)32-13(2)3)20-22(29)17-11-10-16(31-4)12-18(17)33-23(20)24(28)30/h6-13,21H,5H2,1-4H3. The molecule has 0 fully saturated rings. The molecule has 1 unspecified atom stereocenters. The van der Waals surface area contributed by atoms with Gasteiger partial charge < -0.3 is 13.9 Å². The lowest BCUT2D eigenvalue weighted by Crippen LogP contribution is -2.29. The molecule has 8 nitrogen and oxygen atoms in total. The number of benzene rings is 2. The summed E-state index contributed by atoms with van der Waals surface area (Å²) in [6, 6.07) is 11.7. The molecular formula is C25H23N3O5S. The zero-order chi connectivity index (χ0) is 24.0. The van der Waals surface area contributed by atoms with Crippen LogP contribution in [0, 0.1) is 0 Å². The van der Waals surface area contributed by atoms with Crippen molar-refractivity contribution in [2.24, 2.45) is 0 Å². The number of fused-ring (bicyclic) bond motifs is 2. The van der Waals surface area contributed by atoms with Gasteiger partial charge in [-0.15, -0.1) is 10.2 Å². The first-order valence-corrected chi connectivity index (χ1v) is 11.8. The number of hydrogen-bond acceptors (Lipinski definition) is 8. The van der Waals surface area contributed by atoms with E-state index in [0.717, 1.165) is 10.6 Å². The van der Waals surface area contributed by atoms with E-state index in [1.165, 1.54) is 23.3 Å². The second-order valence-electron chi connectivity index (χ2n) is 8.18. The summed E-state index contributed by atoms with van der Waals surface area (Å²) in [5.74, 6) is 0.818. The third-order valence-electron chi connectivity index (χ3n) is 5.61. The van der Waals surface area contributed by atoms with E-state index >= 15 is 0 Å². The van der Waals surface area contributed by atoms with E-state index < -0.39 is 11.9 Å². The smallest absolute Gasteiger partial charge is 0.297 e. The Bertz CT molecular complexity index is 1440. The average Bonchev–Trinajstić information content (AvgIpc) is 3.41. The van der Waals surface area contributed by atoms with E-state index in [-0.39, 0.29) is 22.9 Å². The van der Waals surface area contributed by atoms with E-state index in [1.807, 2.05) is 45.0 Å². The summed E-state index contributed by atoms with van der Waals surface area (Å²) >= 11 is 1.33. The summed E-state index contributed by atoms with van der Waals surface area (Å²) in [5.41, 5.74) is 1.07. The van der Waals surface area contributed by atoms with Crippen LogP contribution in [-0.4, -0.2) is 29.3 Å². The molecule has 3 heterocycles. The van der Waals surface area contributed by atoms with Crippen molar-refractivity contribution in [2.45, 2.75) is 39.3 Å². The van der Waals surface area contributed by atoms with Crippen LogP contribution < -0.4 is 19.8 Å². The molecule has 1 amide bonds. The van der Waals surface area contributed by atoms with Gasteiger partial charge in [0.2, 0.25) is 10.9 Å². The van der Waals surface area contributed by atoms with Gasteiger partial charge in [-0.05, 0) is 50.1 Å². The second kappa shape index (κ2) is 8.57. The average molecular weight is 478 g/mol. The van der Waals surface area contributed by atoms with E-state index in [0.29, 0.717) is 34.0 Å². The van der Waals surface area contributed by atoms with Crippen LogP contribution in [0.1, 0.15) is 53.5 Å². The molecule has 0 spiro atoms. The first-order valence-electron chi connectivity index (χ1n) is 11.0. The summed E-state index contributed by atoms with van der Waals surface area (Å²) in [4.78, 5) is 28.8. The number of anilines is 1. The highest BCUT2D eigenvalue weighted by Gasteiger charge is 2.45. The molecule has 34 heavy (non-hydrogen) atoms. The number of aromatic nitrogens is 2. The number of amides is 1. The number of nitrogens with zero attached hydrogens (tertiary/aromatic N) is 3. The molecule has 0 radical (unpaired) electrons. The van der Waals surface area contributed by atoms with Crippen LogP contribution in [-0.2, 0) is 6.42 Å². The molecule has 1 aliphatic heterocycles. The fourth-order valence-electron chi connectivity index (χ4n) is 4.08. The largest absolute Gasteiger partial charge is 0.497 e. The molecular weight excluding hydrogens is 454 g/mol. The Labute approximate surface area is 199 Å². The minimum absolute atomic E-state index is 0.00603. The molecule has 0 aliphatic carbocycles. The van der Waals surface area contributed by atoms with Gasteiger partial charge in [0.1, 0.15) is 22.1 Å². The quantitative estimate of drug-likeness (QED) is 0.395.